The summed E-state index contributed by atoms with van der Waals surface area (Å²) in [5, 5.41) is 17.9. The van der Waals surface area contributed by atoms with Gasteiger partial charge in [-0.05, 0) is 35.8 Å². The van der Waals surface area contributed by atoms with Gasteiger partial charge in [-0.1, -0.05) is 0 Å². The number of aromatic nitrogens is 1. The molecule has 1 rings (SSSR count). The molecule has 6 heteroatoms. The van der Waals surface area contributed by atoms with Crippen LogP contribution in [0, 0.1) is 0 Å². The zero-order valence-electron chi connectivity index (χ0n) is 8.81. The number of anilines is 1. The van der Waals surface area contributed by atoms with Gasteiger partial charge in [0, 0.05) is 24.7 Å². The second kappa shape index (κ2) is 5.49. The summed E-state index contributed by atoms with van der Waals surface area (Å²) in [5.41, 5.74) is 0.387. The SMILES string of the molecule is CCN(CC)c1ncc(B(O)O)cc1Br. The Bertz CT molecular complexity index is 332. The molecule has 15 heavy (non-hydrogen) atoms. The summed E-state index contributed by atoms with van der Waals surface area (Å²) in [6.45, 7) is 5.82. The Morgan fingerprint density at radius 1 is 1.40 bits per heavy atom. The summed E-state index contributed by atoms with van der Waals surface area (Å²) in [7, 11) is -1.47. The molecule has 0 atom stereocenters. The van der Waals surface area contributed by atoms with E-state index in [1.54, 1.807) is 6.07 Å². The molecule has 0 aliphatic rings. The first-order valence-electron chi connectivity index (χ1n) is 4.86. The lowest BCUT2D eigenvalue weighted by molar-refractivity contribution is 0.425. The summed E-state index contributed by atoms with van der Waals surface area (Å²) >= 11 is 3.37. The molecule has 1 aromatic heterocycles. The Labute approximate surface area is 98.2 Å². The summed E-state index contributed by atoms with van der Waals surface area (Å²) < 4.78 is 0.775. The zero-order valence-corrected chi connectivity index (χ0v) is 10.4. The molecule has 0 aromatic carbocycles. The number of halogens is 1. The minimum atomic E-state index is -1.47. The molecular weight excluding hydrogens is 259 g/mol. The summed E-state index contributed by atoms with van der Waals surface area (Å²) in [6, 6.07) is 1.67. The van der Waals surface area contributed by atoms with Crippen molar-refractivity contribution >= 4 is 34.3 Å². The Kier molecular flexibility index (Phi) is 4.57. The normalized spacial score (nSPS) is 10.2. The van der Waals surface area contributed by atoms with Crippen molar-refractivity contribution in [2.45, 2.75) is 13.8 Å². The maximum Gasteiger partial charge on any atom is 0.490 e. The van der Waals surface area contributed by atoms with Gasteiger partial charge in [0.25, 0.3) is 0 Å². The number of rotatable bonds is 4. The highest BCUT2D eigenvalue weighted by molar-refractivity contribution is 9.10. The smallest absolute Gasteiger partial charge is 0.423 e. The highest BCUT2D eigenvalue weighted by atomic mass is 79.9. The molecule has 1 aromatic rings. The fraction of sp³-hybridized carbons (Fsp3) is 0.444. The predicted octanol–water partition coefficient (Wildman–Crippen LogP) is 0.370. The number of hydrogen-bond donors (Lipinski definition) is 2. The Morgan fingerprint density at radius 3 is 2.40 bits per heavy atom. The van der Waals surface area contributed by atoms with Crippen LogP contribution in [0.15, 0.2) is 16.7 Å². The van der Waals surface area contributed by atoms with E-state index in [-0.39, 0.29) is 0 Å². The molecule has 2 N–H and O–H groups in total. The van der Waals surface area contributed by atoms with Gasteiger partial charge in [-0.2, -0.15) is 0 Å². The largest absolute Gasteiger partial charge is 0.490 e. The van der Waals surface area contributed by atoms with E-state index in [1.807, 2.05) is 13.8 Å². The molecule has 0 aliphatic heterocycles. The second-order valence-electron chi connectivity index (χ2n) is 3.12. The van der Waals surface area contributed by atoms with Crippen molar-refractivity contribution in [2.24, 2.45) is 0 Å². The van der Waals surface area contributed by atoms with Gasteiger partial charge in [-0.25, -0.2) is 4.98 Å². The van der Waals surface area contributed by atoms with Crippen LogP contribution in [0.4, 0.5) is 5.82 Å². The summed E-state index contributed by atoms with van der Waals surface area (Å²) in [5.74, 6) is 0.824. The molecule has 82 valence electrons. The fourth-order valence-electron chi connectivity index (χ4n) is 1.34. The predicted molar refractivity (Wildman–Crippen MR) is 65.3 cm³/mol. The topological polar surface area (TPSA) is 56.6 Å². The van der Waals surface area contributed by atoms with E-state index < -0.39 is 7.12 Å². The average molecular weight is 273 g/mol. The molecule has 0 radical (unpaired) electrons. The van der Waals surface area contributed by atoms with Crippen LogP contribution >= 0.6 is 15.9 Å². The molecule has 0 saturated carbocycles. The van der Waals surface area contributed by atoms with E-state index in [0.717, 1.165) is 23.4 Å². The molecule has 0 saturated heterocycles. The standard InChI is InChI=1S/C9H14BBrN2O2/c1-3-13(4-2)9-8(11)5-7(6-12-9)10(14)15/h5-6,14-15H,3-4H2,1-2H3. The van der Waals surface area contributed by atoms with Crippen LogP contribution < -0.4 is 10.4 Å². The zero-order chi connectivity index (χ0) is 11.4. The van der Waals surface area contributed by atoms with Crippen LogP contribution in [0.5, 0.6) is 0 Å². The van der Waals surface area contributed by atoms with Crippen molar-refractivity contribution in [3.8, 4) is 0 Å². The van der Waals surface area contributed by atoms with E-state index in [9.17, 15) is 0 Å². The van der Waals surface area contributed by atoms with Crippen LogP contribution in [0.1, 0.15) is 13.8 Å². The molecular formula is C9H14BBrN2O2. The molecule has 1 heterocycles. The molecule has 0 amide bonds. The third-order valence-electron chi connectivity index (χ3n) is 2.20. The van der Waals surface area contributed by atoms with Gasteiger partial charge < -0.3 is 14.9 Å². The third kappa shape index (κ3) is 2.93. The molecule has 4 nitrogen and oxygen atoms in total. The maximum absolute atomic E-state index is 8.97. The Balaban J connectivity index is 3.02. The number of nitrogens with zero attached hydrogens (tertiary/aromatic N) is 2. The van der Waals surface area contributed by atoms with Crippen molar-refractivity contribution in [3.05, 3.63) is 16.7 Å². The van der Waals surface area contributed by atoms with Crippen LogP contribution in [0.3, 0.4) is 0 Å². The van der Waals surface area contributed by atoms with E-state index in [0.29, 0.717) is 5.46 Å². The third-order valence-corrected chi connectivity index (χ3v) is 2.79. The first-order valence-corrected chi connectivity index (χ1v) is 5.66. The number of pyridine rings is 1. The van der Waals surface area contributed by atoms with E-state index in [1.165, 1.54) is 6.20 Å². The van der Waals surface area contributed by atoms with Gasteiger partial charge in [0.05, 0.1) is 4.47 Å². The highest BCUT2D eigenvalue weighted by Crippen LogP contribution is 2.21. The van der Waals surface area contributed by atoms with Gasteiger partial charge in [0.1, 0.15) is 5.82 Å². The van der Waals surface area contributed by atoms with Crippen LogP contribution in [-0.4, -0.2) is 35.2 Å². The van der Waals surface area contributed by atoms with Gasteiger partial charge in [-0.15, -0.1) is 0 Å². The first-order chi connectivity index (χ1) is 7.10. The molecule has 0 fully saturated rings. The lowest BCUT2D eigenvalue weighted by Crippen LogP contribution is -2.31. The molecule has 0 spiro atoms. The Morgan fingerprint density at radius 2 is 2.00 bits per heavy atom. The minimum Gasteiger partial charge on any atom is -0.423 e. The van der Waals surface area contributed by atoms with Crippen molar-refractivity contribution in [2.75, 3.05) is 18.0 Å². The maximum atomic E-state index is 8.97. The first kappa shape index (κ1) is 12.5. The van der Waals surface area contributed by atoms with E-state index >= 15 is 0 Å². The van der Waals surface area contributed by atoms with Crippen molar-refractivity contribution in [1.29, 1.82) is 0 Å². The highest BCUT2D eigenvalue weighted by Gasteiger charge is 2.15. The quantitative estimate of drug-likeness (QED) is 0.778. The molecule has 0 unspecified atom stereocenters. The molecule has 0 bridgehead atoms. The lowest BCUT2D eigenvalue weighted by atomic mass is 9.82. The van der Waals surface area contributed by atoms with Crippen molar-refractivity contribution in [3.63, 3.8) is 0 Å². The lowest BCUT2D eigenvalue weighted by Gasteiger charge is -2.21. The van der Waals surface area contributed by atoms with Crippen LogP contribution in [0.2, 0.25) is 0 Å². The van der Waals surface area contributed by atoms with Gasteiger partial charge in [-0.3, -0.25) is 0 Å². The van der Waals surface area contributed by atoms with Gasteiger partial charge >= 0.3 is 7.12 Å². The minimum absolute atomic E-state index is 0.387. The number of hydrogen-bond acceptors (Lipinski definition) is 4. The van der Waals surface area contributed by atoms with E-state index in [2.05, 4.69) is 25.8 Å². The summed E-state index contributed by atoms with van der Waals surface area (Å²) in [4.78, 5) is 6.28. The molecule has 0 aliphatic carbocycles. The Hall–Kier alpha value is -0.585. The van der Waals surface area contributed by atoms with E-state index in [4.69, 9.17) is 10.0 Å². The van der Waals surface area contributed by atoms with Crippen molar-refractivity contribution < 1.29 is 10.0 Å². The second-order valence-corrected chi connectivity index (χ2v) is 3.97. The monoisotopic (exact) mass is 272 g/mol. The van der Waals surface area contributed by atoms with Crippen LogP contribution in [-0.2, 0) is 0 Å². The van der Waals surface area contributed by atoms with Gasteiger partial charge in [0.2, 0.25) is 0 Å². The van der Waals surface area contributed by atoms with Crippen molar-refractivity contribution in [1.82, 2.24) is 4.98 Å². The summed E-state index contributed by atoms with van der Waals surface area (Å²) in [6.07, 6.45) is 1.48. The average Bonchev–Trinajstić information content (AvgIpc) is 2.21. The fourth-order valence-corrected chi connectivity index (χ4v) is 1.96. The van der Waals surface area contributed by atoms with Gasteiger partial charge in [0.15, 0.2) is 0 Å². The van der Waals surface area contributed by atoms with Crippen LogP contribution in [0.25, 0.3) is 0 Å².